The largest absolute Gasteiger partial charge is 0.493 e. The zero-order valence-corrected chi connectivity index (χ0v) is 18.3. The van der Waals surface area contributed by atoms with Crippen molar-refractivity contribution < 1.29 is 9.47 Å². The summed E-state index contributed by atoms with van der Waals surface area (Å²) in [7, 11) is 1.71. The first-order valence-electron chi connectivity index (χ1n) is 9.98. The number of halogens is 1. The highest BCUT2D eigenvalue weighted by Crippen LogP contribution is 2.41. The second-order valence-electron chi connectivity index (χ2n) is 7.50. The molecule has 0 spiro atoms. The van der Waals surface area contributed by atoms with Gasteiger partial charge in [0.05, 0.1) is 7.11 Å². The normalized spacial score (nSPS) is 14.2. The van der Waals surface area contributed by atoms with Crippen LogP contribution in [0.5, 0.6) is 11.5 Å². The van der Waals surface area contributed by atoms with Crippen LogP contribution >= 0.6 is 22.9 Å². The number of fused-ring (bicyclic) bond motifs is 2. The van der Waals surface area contributed by atoms with Crippen molar-refractivity contribution in [2.45, 2.75) is 13.1 Å². The van der Waals surface area contributed by atoms with Gasteiger partial charge in [-0.25, -0.2) is 0 Å². The lowest BCUT2D eigenvalue weighted by molar-refractivity contribution is 0.217. The zero-order valence-electron chi connectivity index (χ0n) is 16.7. The molecule has 0 saturated heterocycles. The van der Waals surface area contributed by atoms with Gasteiger partial charge in [-0.1, -0.05) is 41.9 Å². The van der Waals surface area contributed by atoms with Gasteiger partial charge in [0, 0.05) is 45.9 Å². The summed E-state index contributed by atoms with van der Waals surface area (Å²) in [6, 6.07) is 21.0. The molecule has 0 aliphatic carbocycles. The highest BCUT2D eigenvalue weighted by molar-refractivity contribution is 7.17. The van der Waals surface area contributed by atoms with E-state index in [1.54, 1.807) is 18.4 Å². The topological polar surface area (TPSA) is 21.7 Å². The Balaban J connectivity index is 1.51. The SMILES string of the molecule is COc1cc(-c2csc3ccccc23)cc2c1OCCN(Cc1ccc(Cl)cc1)C2. The van der Waals surface area contributed by atoms with E-state index >= 15 is 0 Å². The number of benzene rings is 3. The number of thiophene rings is 1. The maximum absolute atomic E-state index is 6.13. The molecule has 152 valence electrons. The highest BCUT2D eigenvalue weighted by Gasteiger charge is 2.21. The molecule has 1 aliphatic heterocycles. The van der Waals surface area contributed by atoms with Crippen molar-refractivity contribution in [1.82, 2.24) is 4.90 Å². The van der Waals surface area contributed by atoms with Gasteiger partial charge in [-0.05, 0) is 46.8 Å². The average Bonchev–Trinajstić information content (AvgIpc) is 3.09. The van der Waals surface area contributed by atoms with Gasteiger partial charge in [-0.3, -0.25) is 4.90 Å². The van der Waals surface area contributed by atoms with Gasteiger partial charge in [0.2, 0.25) is 0 Å². The van der Waals surface area contributed by atoms with Gasteiger partial charge in [0.25, 0.3) is 0 Å². The van der Waals surface area contributed by atoms with Crippen molar-refractivity contribution >= 4 is 33.0 Å². The Kier molecular flexibility index (Phi) is 5.38. The van der Waals surface area contributed by atoms with Crippen LogP contribution in [-0.2, 0) is 13.1 Å². The lowest BCUT2D eigenvalue weighted by Crippen LogP contribution is -2.25. The van der Waals surface area contributed by atoms with E-state index in [-0.39, 0.29) is 0 Å². The molecule has 0 N–H and O–H groups in total. The molecule has 4 aromatic rings. The zero-order chi connectivity index (χ0) is 20.5. The molecular formula is C25H22ClNO2S. The molecule has 0 unspecified atom stereocenters. The van der Waals surface area contributed by atoms with Crippen molar-refractivity contribution in [3.63, 3.8) is 0 Å². The van der Waals surface area contributed by atoms with Gasteiger partial charge in [0.1, 0.15) is 6.61 Å². The van der Waals surface area contributed by atoms with Crippen LogP contribution in [0, 0.1) is 0 Å². The molecule has 2 heterocycles. The van der Waals surface area contributed by atoms with Crippen LogP contribution in [0.15, 0.2) is 66.0 Å². The third-order valence-corrected chi connectivity index (χ3v) is 6.73. The van der Waals surface area contributed by atoms with E-state index in [1.807, 2.05) is 12.1 Å². The lowest BCUT2D eigenvalue weighted by atomic mass is 10.0. The second-order valence-corrected chi connectivity index (χ2v) is 8.85. The highest BCUT2D eigenvalue weighted by atomic mass is 35.5. The summed E-state index contributed by atoms with van der Waals surface area (Å²) in [6.45, 7) is 3.16. The van der Waals surface area contributed by atoms with Crippen LogP contribution in [-0.4, -0.2) is 25.2 Å². The monoisotopic (exact) mass is 435 g/mol. The maximum Gasteiger partial charge on any atom is 0.165 e. The van der Waals surface area contributed by atoms with Crippen molar-refractivity contribution in [3.05, 3.63) is 82.2 Å². The smallest absolute Gasteiger partial charge is 0.165 e. The van der Waals surface area contributed by atoms with E-state index in [4.69, 9.17) is 21.1 Å². The molecule has 0 radical (unpaired) electrons. The fourth-order valence-electron chi connectivity index (χ4n) is 4.03. The van der Waals surface area contributed by atoms with Gasteiger partial charge in [0.15, 0.2) is 11.5 Å². The van der Waals surface area contributed by atoms with E-state index in [9.17, 15) is 0 Å². The van der Waals surface area contributed by atoms with Crippen LogP contribution in [0.25, 0.3) is 21.2 Å². The molecule has 5 heteroatoms. The molecule has 0 amide bonds. The fourth-order valence-corrected chi connectivity index (χ4v) is 5.13. The molecule has 1 aromatic heterocycles. The summed E-state index contributed by atoms with van der Waals surface area (Å²) >= 11 is 7.82. The molecule has 5 rings (SSSR count). The number of nitrogens with zero attached hydrogens (tertiary/aromatic N) is 1. The van der Waals surface area contributed by atoms with Gasteiger partial charge >= 0.3 is 0 Å². The maximum atomic E-state index is 6.13. The van der Waals surface area contributed by atoms with Crippen LogP contribution in [0.2, 0.25) is 5.02 Å². The minimum atomic E-state index is 0.637. The number of methoxy groups -OCH3 is 1. The van der Waals surface area contributed by atoms with Crippen LogP contribution < -0.4 is 9.47 Å². The van der Waals surface area contributed by atoms with Crippen molar-refractivity contribution in [1.29, 1.82) is 0 Å². The second kappa shape index (κ2) is 8.31. The standard InChI is InChI=1S/C25H22ClNO2S/c1-28-23-13-18(22-16-30-24-5-3-2-4-21(22)24)12-19-15-27(10-11-29-25(19)23)14-17-6-8-20(26)9-7-17/h2-9,12-13,16H,10-11,14-15H2,1H3. The molecule has 3 nitrogen and oxygen atoms in total. The van der Waals surface area contributed by atoms with Crippen molar-refractivity contribution in [3.8, 4) is 22.6 Å². The lowest BCUT2D eigenvalue weighted by Gasteiger charge is -2.20. The fraction of sp³-hybridized carbons (Fsp3) is 0.200. The Morgan fingerprint density at radius 3 is 2.77 bits per heavy atom. The molecule has 0 atom stereocenters. The quantitative estimate of drug-likeness (QED) is 0.359. The molecule has 0 bridgehead atoms. The first-order chi connectivity index (χ1) is 14.7. The Morgan fingerprint density at radius 2 is 1.93 bits per heavy atom. The Hall–Kier alpha value is -2.53. The summed E-state index contributed by atoms with van der Waals surface area (Å²) in [5.41, 5.74) is 4.81. The van der Waals surface area contributed by atoms with E-state index < -0.39 is 0 Å². The molecule has 1 aliphatic rings. The molecule has 3 aromatic carbocycles. The summed E-state index contributed by atoms with van der Waals surface area (Å²) in [5, 5.41) is 4.27. The van der Waals surface area contributed by atoms with E-state index in [0.29, 0.717) is 6.61 Å². The predicted octanol–water partition coefficient (Wildman–Crippen LogP) is 6.62. The average molecular weight is 436 g/mol. The minimum absolute atomic E-state index is 0.637. The molecular weight excluding hydrogens is 414 g/mol. The summed E-state index contributed by atoms with van der Waals surface area (Å²) < 4.78 is 13.2. The van der Waals surface area contributed by atoms with Crippen molar-refractivity contribution in [2.75, 3.05) is 20.3 Å². The van der Waals surface area contributed by atoms with Gasteiger partial charge in [-0.2, -0.15) is 0 Å². The molecule has 30 heavy (non-hydrogen) atoms. The third kappa shape index (κ3) is 3.79. The van der Waals surface area contributed by atoms with E-state index in [2.05, 4.69) is 58.8 Å². The van der Waals surface area contributed by atoms with Gasteiger partial charge < -0.3 is 9.47 Å². The summed E-state index contributed by atoms with van der Waals surface area (Å²) in [4.78, 5) is 2.41. The number of hydrogen-bond donors (Lipinski definition) is 0. The van der Waals surface area contributed by atoms with E-state index in [1.165, 1.54) is 26.8 Å². The minimum Gasteiger partial charge on any atom is -0.493 e. The Bertz CT molecular complexity index is 1190. The number of hydrogen-bond acceptors (Lipinski definition) is 4. The van der Waals surface area contributed by atoms with Crippen molar-refractivity contribution in [2.24, 2.45) is 0 Å². The summed E-state index contributed by atoms with van der Waals surface area (Å²) in [5.74, 6) is 1.66. The Labute approximate surface area is 185 Å². The number of ether oxygens (including phenoxy) is 2. The number of rotatable bonds is 4. The van der Waals surface area contributed by atoms with E-state index in [0.717, 1.165) is 41.7 Å². The Morgan fingerprint density at radius 1 is 1.10 bits per heavy atom. The first-order valence-corrected chi connectivity index (χ1v) is 11.2. The first kappa shape index (κ1) is 19.4. The van der Waals surface area contributed by atoms with Crippen LogP contribution in [0.3, 0.4) is 0 Å². The summed E-state index contributed by atoms with van der Waals surface area (Å²) in [6.07, 6.45) is 0. The molecule has 0 saturated carbocycles. The van der Waals surface area contributed by atoms with Crippen LogP contribution in [0.4, 0.5) is 0 Å². The van der Waals surface area contributed by atoms with Crippen LogP contribution in [0.1, 0.15) is 11.1 Å². The predicted molar refractivity (Wildman–Crippen MR) is 125 cm³/mol. The van der Waals surface area contributed by atoms with Gasteiger partial charge in [-0.15, -0.1) is 11.3 Å². The molecule has 0 fully saturated rings. The third-order valence-electron chi connectivity index (χ3n) is 5.51.